The van der Waals surface area contributed by atoms with Gasteiger partial charge in [-0.3, -0.25) is 4.98 Å². The smallest absolute Gasteiger partial charge is 0.137 e. The van der Waals surface area contributed by atoms with E-state index in [1.165, 1.54) is 0 Å². The van der Waals surface area contributed by atoms with Gasteiger partial charge in [-0.15, -0.1) is 0 Å². The number of hydrogen-bond acceptors (Lipinski definition) is 3. The average Bonchev–Trinajstić information content (AvgIpc) is 2.83. The molecule has 0 fully saturated rings. The number of aromatic nitrogens is 3. The van der Waals surface area contributed by atoms with Crippen LogP contribution in [-0.2, 0) is 0 Å². The van der Waals surface area contributed by atoms with Crippen LogP contribution < -0.4 is 5.32 Å². The molecule has 3 aromatic heterocycles. The minimum atomic E-state index is 0.893. The second kappa shape index (κ2) is 4.49. The summed E-state index contributed by atoms with van der Waals surface area (Å²) in [4.78, 5) is 8.87. The highest BCUT2D eigenvalue weighted by Crippen LogP contribution is 2.18. The number of pyridine rings is 2. The molecule has 3 heterocycles. The molecule has 0 amide bonds. The molecule has 18 heavy (non-hydrogen) atoms. The van der Waals surface area contributed by atoms with Gasteiger partial charge in [-0.05, 0) is 31.2 Å². The van der Waals surface area contributed by atoms with Crippen molar-refractivity contribution in [3.8, 4) is 11.4 Å². The van der Waals surface area contributed by atoms with Crippen LogP contribution in [0.3, 0.4) is 0 Å². The van der Waals surface area contributed by atoms with Gasteiger partial charge in [-0.25, -0.2) is 4.98 Å². The normalized spacial score (nSPS) is 10.7. The van der Waals surface area contributed by atoms with Crippen LogP contribution in [0, 0.1) is 0 Å². The molecule has 0 aliphatic carbocycles. The Bertz CT molecular complexity index is 658. The van der Waals surface area contributed by atoms with Crippen molar-refractivity contribution in [3.63, 3.8) is 0 Å². The fourth-order valence-corrected chi connectivity index (χ4v) is 1.94. The van der Waals surface area contributed by atoms with Crippen LogP contribution >= 0.6 is 0 Å². The third-order valence-electron chi connectivity index (χ3n) is 2.76. The van der Waals surface area contributed by atoms with Gasteiger partial charge in [0.05, 0.1) is 11.4 Å². The number of nitrogens with zero attached hydrogens (tertiary/aromatic N) is 3. The summed E-state index contributed by atoms with van der Waals surface area (Å²) in [6.45, 7) is 2.99. The molecule has 0 radical (unpaired) electrons. The molecule has 0 saturated heterocycles. The maximum atomic E-state index is 4.56. The molecule has 90 valence electrons. The van der Waals surface area contributed by atoms with Crippen molar-refractivity contribution in [3.05, 3.63) is 48.9 Å². The van der Waals surface area contributed by atoms with E-state index in [1.54, 1.807) is 6.20 Å². The fraction of sp³-hybridized carbons (Fsp3) is 0.143. The second-order valence-electron chi connectivity index (χ2n) is 4.05. The topological polar surface area (TPSA) is 42.2 Å². The maximum Gasteiger partial charge on any atom is 0.137 e. The molecule has 0 unspecified atom stereocenters. The molecule has 0 atom stereocenters. The Kier molecular flexibility index (Phi) is 2.68. The van der Waals surface area contributed by atoms with Crippen LogP contribution in [0.2, 0.25) is 0 Å². The molecular weight excluding hydrogens is 224 g/mol. The van der Waals surface area contributed by atoms with Gasteiger partial charge in [0.2, 0.25) is 0 Å². The van der Waals surface area contributed by atoms with Crippen molar-refractivity contribution < 1.29 is 0 Å². The van der Waals surface area contributed by atoms with Crippen molar-refractivity contribution in [1.82, 2.24) is 14.4 Å². The third kappa shape index (κ3) is 1.93. The highest BCUT2D eigenvalue weighted by Gasteiger charge is 2.05. The van der Waals surface area contributed by atoms with E-state index in [2.05, 4.69) is 22.2 Å². The van der Waals surface area contributed by atoms with E-state index in [0.717, 1.165) is 29.3 Å². The Morgan fingerprint density at radius 3 is 2.83 bits per heavy atom. The molecule has 0 aromatic carbocycles. The lowest BCUT2D eigenvalue weighted by Gasteiger charge is -2.02. The Hall–Kier alpha value is -2.36. The molecule has 4 nitrogen and oxygen atoms in total. The first kappa shape index (κ1) is 10.8. The first-order chi connectivity index (χ1) is 8.86. The third-order valence-corrected chi connectivity index (χ3v) is 2.76. The van der Waals surface area contributed by atoms with Gasteiger partial charge in [0.25, 0.3) is 0 Å². The quantitative estimate of drug-likeness (QED) is 0.763. The van der Waals surface area contributed by atoms with Gasteiger partial charge in [0.15, 0.2) is 0 Å². The SMILES string of the molecule is CCNc1ccc2nc(-c3ccccn3)cn2c1. The molecule has 0 saturated carbocycles. The summed E-state index contributed by atoms with van der Waals surface area (Å²) < 4.78 is 2.02. The summed E-state index contributed by atoms with van der Waals surface area (Å²) in [6, 6.07) is 9.88. The number of fused-ring (bicyclic) bond motifs is 1. The van der Waals surface area contributed by atoms with E-state index in [-0.39, 0.29) is 0 Å². The second-order valence-corrected chi connectivity index (χ2v) is 4.05. The Labute approximate surface area is 105 Å². The zero-order chi connectivity index (χ0) is 12.4. The molecular formula is C14H14N4. The maximum absolute atomic E-state index is 4.56. The lowest BCUT2D eigenvalue weighted by atomic mass is 10.3. The van der Waals surface area contributed by atoms with Crippen LogP contribution in [0.5, 0.6) is 0 Å². The van der Waals surface area contributed by atoms with Gasteiger partial charge in [-0.1, -0.05) is 6.07 Å². The summed E-state index contributed by atoms with van der Waals surface area (Å²) in [5.41, 5.74) is 3.81. The average molecular weight is 238 g/mol. The lowest BCUT2D eigenvalue weighted by Crippen LogP contribution is -1.97. The number of anilines is 1. The van der Waals surface area contributed by atoms with Gasteiger partial charge in [0.1, 0.15) is 11.3 Å². The van der Waals surface area contributed by atoms with Crippen molar-refractivity contribution in [2.75, 3.05) is 11.9 Å². The summed E-state index contributed by atoms with van der Waals surface area (Å²) >= 11 is 0. The summed E-state index contributed by atoms with van der Waals surface area (Å²) in [5, 5.41) is 3.28. The number of nitrogens with one attached hydrogen (secondary N) is 1. The highest BCUT2D eigenvalue weighted by molar-refractivity contribution is 5.60. The largest absolute Gasteiger partial charge is 0.384 e. The zero-order valence-corrected chi connectivity index (χ0v) is 10.2. The molecule has 0 aliphatic rings. The zero-order valence-electron chi connectivity index (χ0n) is 10.2. The van der Waals surface area contributed by atoms with Gasteiger partial charge in [0, 0.05) is 25.1 Å². The minimum absolute atomic E-state index is 0.893. The predicted molar refractivity (Wildman–Crippen MR) is 72.6 cm³/mol. The van der Waals surface area contributed by atoms with Crippen LogP contribution in [-0.4, -0.2) is 20.9 Å². The van der Waals surface area contributed by atoms with E-state index in [0.29, 0.717) is 0 Å². The molecule has 4 heteroatoms. The standard InChI is InChI=1S/C14H14N4/c1-2-15-11-6-7-14-17-13(10-18(14)9-11)12-5-3-4-8-16-12/h3-10,15H,2H2,1H3. The van der Waals surface area contributed by atoms with Crippen molar-refractivity contribution >= 4 is 11.3 Å². The summed E-state index contributed by atoms with van der Waals surface area (Å²) in [7, 11) is 0. The number of imidazole rings is 1. The molecule has 3 aromatic rings. The first-order valence-corrected chi connectivity index (χ1v) is 6.01. The Morgan fingerprint density at radius 1 is 1.11 bits per heavy atom. The van der Waals surface area contributed by atoms with E-state index in [4.69, 9.17) is 0 Å². The highest BCUT2D eigenvalue weighted by atomic mass is 15.0. The van der Waals surface area contributed by atoms with Crippen LogP contribution in [0.4, 0.5) is 5.69 Å². The number of rotatable bonds is 3. The van der Waals surface area contributed by atoms with Crippen LogP contribution in [0.25, 0.3) is 17.0 Å². The van der Waals surface area contributed by atoms with E-state index < -0.39 is 0 Å². The molecule has 3 rings (SSSR count). The van der Waals surface area contributed by atoms with Crippen molar-refractivity contribution in [1.29, 1.82) is 0 Å². The van der Waals surface area contributed by atoms with E-state index >= 15 is 0 Å². The minimum Gasteiger partial charge on any atom is -0.384 e. The number of hydrogen-bond donors (Lipinski definition) is 1. The molecule has 0 bridgehead atoms. The molecule has 0 spiro atoms. The van der Waals surface area contributed by atoms with Crippen LogP contribution in [0.15, 0.2) is 48.9 Å². The van der Waals surface area contributed by atoms with Crippen molar-refractivity contribution in [2.45, 2.75) is 6.92 Å². The van der Waals surface area contributed by atoms with E-state index in [9.17, 15) is 0 Å². The summed E-state index contributed by atoms with van der Waals surface area (Å²) in [6.07, 6.45) is 5.82. The van der Waals surface area contributed by atoms with Crippen LogP contribution in [0.1, 0.15) is 6.92 Å². The van der Waals surface area contributed by atoms with Gasteiger partial charge in [-0.2, -0.15) is 0 Å². The summed E-state index contributed by atoms with van der Waals surface area (Å²) in [5.74, 6) is 0. The first-order valence-electron chi connectivity index (χ1n) is 6.01. The fourth-order valence-electron chi connectivity index (χ4n) is 1.94. The Balaban J connectivity index is 2.06. The predicted octanol–water partition coefficient (Wildman–Crippen LogP) is 2.83. The van der Waals surface area contributed by atoms with Gasteiger partial charge >= 0.3 is 0 Å². The van der Waals surface area contributed by atoms with E-state index in [1.807, 2.05) is 47.1 Å². The molecule has 0 aliphatic heterocycles. The van der Waals surface area contributed by atoms with Gasteiger partial charge < -0.3 is 9.72 Å². The molecule has 1 N–H and O–H groups in total. The Morgan fingerprint density at radius 2 is 2.06 bits per heavy atom. The lowest BCUT2D eigenvalue weighted by molar-refractivity contribution is 1.15. The monoisotopic (exact) mass is 238 g/mol. The van der Waals surface area contributed by atoms with Crippen molar-refractivity contribution in [2.24, 2.45) is 0 Å².